The summed E-state index contributed by atoms with van der Waals surface area (Å²) in [7, 11) is 0. The van der Waals surface area contributed by atoms with Gasteiger partial charge in [0.1, 0.15) is 5.76 Å². The smallest absolute Gasteiger partial charge is 0.343 e. The molecule has 0 unspecified atom stereocenters. The third-order valence-corrected chi connectivity index (χ3v) is 4.36. The maximum absolute atomic E-state index is 12.1. The van der Waals surface area contributed by atoms with E-state index in [4.69, 9.17) is 4.42 Å². The van der Waals surface area contributed by atoms with Crippen LogP contribution in [-0.2, 0) is 12.8 Å². The molecule has 0 spiro atoms. The summed E-state index contributed by atoms with van der Waals surface area (Å²) in [4.78, 5) is 12.1. The van der Waals surface area contributed by atoms with Gasteiger partial charge < -0.3 is 4.42 Å². The largest absolute Gasteiger partial charge is 0.427 e. The molecule has 0 amide bonds. The van der Waals surface area contributed by atoms with Gasteiger partial charge in [-0.05, 0) is 36.3 Å². The van der Waals surface area contributed by atoms with Crippen LogP contribution in [0.4, 0.5) is 0 Å². The molecule has 0 saturated carbocycles. The summed E-state index contributed by atoms with van der Waals surface area (Å²) in [6, 6.07) is 7.89. The molecule has 3 rings (SSSR count). The summed E-state index contributed by atoms with van der Waals surface area (Å²) >= 11 is 0. The molecule has 1 aromatic carbocycles. The second-order valence-corrected chi connectivity index (χ2v) is 5.81. The fourth-order valence-electron chi connectivity index (χ4n) is 3.25. The summed E-state index contributed by atoms with van der Waals surface area (Å²) in [5.74, 6) is 0.940. The Morgan fingerprint density at radius 1 is 0.750 bits per heavy atom. The van der Waals surface area contributed by atoms with Crippen LogP contribution >= 0.6 is 0 Å². The highest BCUT2D eigenvalue weighted by atomic mass is 16.4. The first kappa shape index (κ1) is 13.4. The van der Waals surface area contributed by atoms with Gasteiger partial charge in [0.25, 0.3) is 0 Å². The van der Waals surface area contributed by atoms with E-state index in [-0.39, 0.29) is 5.63 Å². The first-order valence-corrected chi connectivity index (χ1v) is 7.90. The van der Waals surface area contributed by atoms with Crippen molar-refractivity contribution in [2.45, 2.75) is 57.8 Å². The third-order valence-electron chi connectivity index (χ3n) is 4.36. The van der Waals surface area contributed by atoms with E-state index in [0.29, 0.717) is 0 Å². The molecule has 0 N–H and O–H groups in total. The molecular weight excluding hydrogens is 248 g/mol. The lowest BCUT2D eigenvalue weighted by molar-refractivity contribution is 0.450. The van der Waals surface area contributed by atoms with Crippen molar-refractivity contribution in [1.82, 2.24) is 0 Å². The van der Waals surface area contributed by atoms with Crippen LogP contribution in [0.3, 0.4) is 0 Å². The van der Waals surface area contributed by atoms with E-state index in [1.54, 1.807) is 0 Å². The topological polar surface area (TPSA) is 30.2 Å². The monoisotopic (exact) mass is 270 g/mol. The summed E-state index contributed by atoms with van der Waals surface area (Å²) < 4.78 is 5.63. The normalized spacial score (nSPS) is 17.4. The zero-order chi connectivity index (χ0) is 13.8. The van der Waals surface area contributed by atoms with Crippen LogP contribution < -0.4 is 5.63 Å². The van der Waals surface area contributed by atoms with Gasteiger partial charge in [0.05, 0.1) is 5.39 Å². The average molecular weight is 270 g/mol. The Kier molecular flexibility index (Phi) is 4.19. The molecule has 106 valence electrons. The molecule has 1 aliphatic rings. The van der Waals surface area contributed by atoms with Crippen LogP contribution in [0, 0.1) is 0 Å². The lowest BCUT2D eigenvalue weighted by Gasteiger charge is -2.10. The van der Waals surface area contributed by atoms with Crippen molar-refractivity contribution >= 4 is 10.8 Å². The summed E-state index contributed by atoms with van der Waals surface area (Å²) in [6.07, 6.45) is 10.8. The zero-order valence-electron chi connectivity index (χ0n) is 12.0. The van der Waals surface area contributed by atoms with Crippen molar-refractivity contribution in [1.29, 1.82) is 0 Å². The van der Waals surface area contributed by atoms with E-state index in [9.17, 15) is 4.79 Å². The molecule has 0 bridgehead atoms. The van der Waals surface area contributed by atoms with Gasteiger partial charge in [0.15, 0.2) is 0 Å². The fourth-order valence-corrected chi connectivity index (χ4v) is 3.25. The Morgan fingerprint density at radius 3 is 2.10 bits per heavy atom. The maximum Gasteiger partial charge on any atom is 0.343 e. The highest BCUT2D eigenvalue weighted by Gasteiger charge is 2.13. The van der Waals surface area contributed by atoms with E-state index in [2.05, 4.69) is 6.07 Å². The standard InChI is InChI=1S/C18H22O2/c19-18-16-12-9-8-10-14(16)15-11-6-4-2-1-3-5-7-13-17(15)20-18/h8-10,12H,1-7,11,13H2. The molecule has 2 nitrogen and oxygen atoms in total. The van der Waals surface area contributed by atoms with Gasteiger partial charge in [-0.25, -0.2) is 4.79 Å². The van der Waals surface area contributed by atoms with Gasteiger partial charge in [-0.2, -0.15) is 0 Å². The Morgan fingerprint density at radius 2 is 1.35 bits per heavy atom. The van der Waals surface area contributed by atoms with Crippen LogP contribution in [-0.4, -0.2) is 0 Å². The van der Waals surface area contributed by atoms with Gasteiger partial charge >= 0.3 is 5.63 Å². The fraction of sp³-hybridized carbons (Fsp3) is 0.500. The van der Waals surface area contributed by atoms with Gasteiger partial charge in [0, 0.05) is 6.42 Å². The minimum absolute atomic E-state index is 0.172. The average Bonchev–Trinajstić information content (AvgIpc) is 2.52. The highest BCUT2D eigenvalue weighted by Crippen LogP contribution is 2.24. The van der Waals surface area contributed by atoms with E-state index in [0.717, 1.165) is 35.8 Å². The van der Waals surface area contributed by atoms with Gasteiger partial charge in [-0.15, -0.1) is 0 Å². The van der Waals surface area contributed by atoms with Crippen molar-refractivity contribution < 1.29 is 4.42 Å². The Balaban J connectivity index is 2.07. The molecule has 1 aromatic heterocycles. The first-order chi connectivity index (χ1) is 9.86. The minimum Gasteiger partial charge on any atom is -0.427 e. The molecular formula is C18H22O2. The van der Waals surface area contributed by atoms with Crippen LogP contribution in [0.1, 0.15) is 56.3 Å². The molecule has 0 atom stereocenters. The number of benzene rings is 1. The molecule has 20 heavy (non-hydrogen) atoms. The summed E-state index contributed by atoms with van der Waals surface area (Å²) in [6.45, 7) is 0. The lowest BCUT2D eigenvalue weighted by Crippen LogP contribution is -2.07. The van der Waals surface area contributed by atoms with Gasteiger partial charge in [-0.1, -0.05) is 50.3 Å². The highest BCUT2D eigenvalue weighted by molar-refractivity contribution is 5.84. The summed E-state index contributed by atoms with van der Waals surface area (Å²) in [5, 5.41) is 1.85. The molecule has 0 radical (unpaired) electrons. The second-order valence-electron chi connectivity index (χ2n) is 5.81. The molecule has 0 fully saturated rings. The molecule has 2 aromatic rings. The summed E-state index contributed by atoms with van der Waals surface area (Å²) in [5.41, 5.74) is 1.11. The minimum atomic E-state index is -0.172. The van der Waals surface area contributed by atoms with Crippen molar-refractivity contribution in [3.8, 4) is 0 Å². The first-order valence-electron chi connectivity index (χ1n) is 7.90. The van der Waals surface area contributed by atoms with Crippen molar-refractivity contribution in [3.05, 3.63) is 46.0 Å². The lowest BCUT2D eigenvalue weighted by atomic mass is 9.98. The number of rotatable bonds is 0. The number of hydrogen-bond donors (Lipinski definition) is 0. The van der Waals surface area contributed by atoms with Gasteiger partial charge in [-0.3, -0.25) is 0 Å². The molecule has 1 heterocycles. The SMILES string of the molecule is O=c1oc2c(c3ccccc13)CCCCCCCCC2. The molecule has 1 aliphatic carbocycles. The van der Waals surface area contributed by atoms with E-state index in [1.165, 1.54) is 44.1 Å². The number of hydrogen-bond acceptors (Lipinski definition) is 2. The van der Waals surface area contributed by atoms with Crippen molar-refractivity contribution in [2.24, 2.45) is 0 Å². The number of fused-ring (bicyclic) bond motifs is 3. The zero-order valence-corrected chi connectivity index (χ0v) is 12.0. The Bertz CT molecular complexity index is 639. The molecule has 0 aliphatic heterocycles. The van der Waals surface area contributed by atoms with E-state index in [1.807, 2.05) is 18.2 Å². The quantitative estimate of drug-likeness (QED) is 0.699. The molecule has 2 heteroatoms. The number of aryl methyl sites for hydroxylation is 2. The Labute approximate surface area is 119 Å². The van der Waals surface area contributed by atoms with Crippen LogP contribution in [0.25, 0.3) is 10.8 Å². The molecule has 0 saturated heterocycles. The predicted octanol–water partition coefficient (Wildman–Crippen LogP) is 4.62. The van der Waals surface area contributed by atoms with Gasteiger partial charge in [0.2, 0.25) is 0 Å². The van der Waals surface area contributed by atoms with Crippen LogP contribution in [0.15, 0.2) is 33.5 Å². The predicted molar refractivity (Wildman–Crippen MR) is 82.2 cm³/mol. The Hall–Kier alpha value is -1.57. The van der Waals surface area contributed by atoms with E-state index < -0.39 is 0 Å². The van der Waals surface area contributed by atoms with Crippen molar-refractivity contribution in [3.63, 3.8) is 0 Å². The van der Waals surface area contributed by atoms with Crippen LogP contribution in [0.5, 0.6) is 0 Å². The third kappa shape index (κ3) is 2.79. The van der Waals surface area contributed by atoms with E-state index >= 15 is 0 Å². The second kappa shape index (κ2) is 6.25. The van der Waals surface area contributed by atoms with Crippen LogP contribution in [0.2, 0.25) is 0 Å². The van der Waals surface area contributed by atoms with Crippen molar-refractivity contribution in [2.75, 3.05) is 0 Å². The maximum atomic E-state index is 12.1.